The molecule has 0 N–H and O–H groups in total. The number of aryl methyl sites for hydroxylation is 1. The number of thiazole rings is 1. The molecule has 1 heterocycles. The minimum Gasteiger partial charge on any atom is -0.367 e. The van der Waals surface area contributed by atoms with E-state index in [0.717, 1.165) is 13.1 Å². The average molecular weight is 267 g/mol. The lowest BCUT2D eigenvalue weighted by atomic mass is 10.2. The summed E-state index contributed by atoms with van der Waals surface area (Å²) in [6.07, 6.45) is 1.85. The van der Waals surface area contributed by atoms with Crippen LogP contribution in [0.3, 0.4) is 0 Å². The number of aromatic nitrogens is 1. The van der Waals surface area contributed by atoms with Crippen molar-refractivity contribution in [1.82, 2.24) is 4.98 Å². The van der Waals surface area contributed by atoms with E-state index in [4.69, 9.17) is 11.6 Å². The van der Waals surface area contributed by atoms with Gasteiger partial charge >= 0.3 is 0 Å². The molecule has 0 spiro atoms. The Morgan fingerprint density at radius 2 is 2.24 bits per heavy atom. The minimum absolute atomic E-state index is 0.611. The maximum atomic E-state index is 5.85. The van der Waals surface area contributed by atoms with Gasteiger partial charge in [0.2, 0.25) is 0 Å². The Hall–Kier alpha value is -1.06. The van der Waals surface area contributed by atoms with Gasteiger partial charge in [-0.05, 0) is 31.5 Å². The van der Waals surface area contributed by atoms with Gasteiger partial charge in [-0.15, -0.1) is 11.3 Å². The average Bonchev–Trinajstić information content (AvgIpc) is 2.72. The zero-order valence-electron chi connectivity index (χ0n) is 9.98. The fourth-order valence-electron chi connectivity index (χ4n) is 1.76. The van der Waals surface area contributed by atoms with E-state index < -0.39 is 0 Å². The minimum atomic E-state index is 0.611. The highest BCUT2D eigenvalue weighted by Crippen LogP contribution is 2.23. The Kier molecular flexibility index (Phi) is 4.02. The van der Waals surface area contributed by atoms with Crippen LogP contribution in [-0.4, -0.2) is 11.5 Å². The molecule has 0 saturated carbocycles. The first-order valence-corrected chi connectivity index (χ1v) is 6.80. The van der Waals surface area contributed by atoms with Crippen molar-refractivity contribution < 1.29 is 0 Å². The van der Waals surface area contributed by atoms with E-state index in [9.17, 15) is 0 Å². The lowest BCUT2D eigenvalue weighted by molar-refractivity contribution is 0.840. The molecule has 1 aromatic heterocycles. The summed E-state index contributed by atoms with van der Waals surface area (Å²) in [6, 6.07) is 8.54. The summed E-state index contributed by atoms with van der Waals surface area (Å²) in [5.41, 5.74) is 2.53. The summed E-state index contributed by atoms with van der Waals surface area (Å²) in [4.78, 5) is 7.58. The topological polar surface area (TPSA) is 16.1 Å². The third kappa shape index (κ3) is 3.20. The molecule has 0 aliphatic rings. The number of nitrogens with zero attached hydrogens (tertiary/aromatic N) is 2. The lowest BCUT2D eigenvalue weighted by Gasteiger charge is -2.22. The summed E-state index contributed by atoms with van der Waals surface area (Å²) in [7, 11) is 0. The van der Waals surface area contributed by atoms with Crippen LogP contribution in [-0.2, 0) is 6.54 Å². The van der Waals surface area contributed by atoms with Crippen molar-refractivity contribution in [2.24, 2.45) is 0 Å². The highest BCUT2D eigenvalue weighted by molar-refractivity contribution is 7.15. The second-order valence-corrected chi connectivity index (χ2v) is 5.63. The van der Waals surface area contributed by atoms with Crippen LogP contribution in [0.4, 0.5) is 5.69 Å². The molecular weight excluding hydrogens is 252 g/mol. The largest absolute Gasteiger partial charge is 0.367 e. The number of halogens is 1. The predicted molar refractivity (Wildman–Crippen MR) is 75.0 cm³/mol. The first-order valence-electron chi connectivity index (χ1n) is 5.61. The summed E-state index contributed by atoms with van der Waals surface area (Å²) >= 11 is 7.39. The van der Waals surface area contributed by atoms with E-state index in [1.165, 1.54) is 16.1 Å². The molecule has 0 aliphatic carbocycles. The highest BCUT2D eigenvalue weighted by atomic mass is 35.5. The van der Waals surface area contributed by atoms with Crippen LogP contribution in [0.25, 0.3) is 0 Å². The molecule has 0 bridgehead atoms. The van der Waals surface area contributed by atoms with Crippen LogP contribution in [0, 0.1) is 6.92 Å². The number of hydrogen-bond acceptors (Lipinski definition) is 3. The summed E-state index contributed by atoms with van der Waals surface area (Å²) in [5.74, 6) is 0. The summed E-state index contributed by atoms with van der Waals surface area (Å²) < 4.78 is 0.611. The Labute approximate surface area is 111 Å². The van der Waals surface area contributed by atoms with Crippen molar-refractivity contribution in [1.29, 1.82) is 0 Å². The van der Waals surface area contributed by atoms with E-state index in [1.807, 2.05) is 6.20 Å². The van der Waals surface area contributed by atoms with Crippen molar-refractivity contribution in [2.75, 3.05) is 11.4 Å². The van der Waals surface area contributed by atoms with E-state index in [2.05, 4.69) is 48.0 Å². The quantitative estimate of drug-likeness (QED) is 0.827. The molecule has 90 valence electrons. The molecule has 2 aromatic rings. The first kappa shape index (κ1) is 12.4. The molecule has 0 fully saturated rings. The van der Waals surface area contributed by atoms with Gasteiger partial charge in [-0.3, -0.25) is 0 Å². The van der Waals surface area contributed by atoms with Crippen LogP contribution in [0.2, 0.25) is 4.47 Å². The normalized spacial score (nSPS) is 10.5. The SMILES string of the molecule is CCN(Cc1cnc(Cl)s1)c1cccc(C)c1. The van der Waals surface area contributed by atoms with E-state index >= 15 is 0 Å². The second-order valence-electron chi connectivity index (χ2n) is 3.93. The number of benzene rings is 1. The summed E-state index contributed by atoms with van der Waals surface area (Å²) in [5, 5.41) is 0. The van der Waals surface area contributed by atoms with Crippen molar-refractivity contribution in [3.8, 4) is 0 Å². The number of hydrogen-bond donors (Lipinski definition) is 0. The van der Waals surface area contributed by atoms with Crippen LogP contribution >= 0.6 is 22.9 Å². The monoisotopic (exact) mass is 266 g/mol. The summed E-state index contributed by atoms with van der Waals surface area (Å²) in [6.45, 7) is 6.11. The molecular formula is C13H15ClN2S. The zero-order valence-corrected chi connectivity index (χ0v) is 11.6. The fourth-order valence-corrected chi connectivity index (χ4v) is 2.75. The van der Waals surface area contributed by atoms with Crippen molar-refractivity contribution >= 4 is 28.6 Å². The van der Waals surface area contributed by atoms with Crippen molar-refractivity contribution in [2.45, 2.75) is 20.4 Å². The Morgan fingerprint density at radius 3 is 2.82 bits per heavy atom. The Bertz CT molecular complexity index is 496. The molecule has 0 atom stereocenters. The number of rotatable bonds is 4. The molecule has 0 radical (unpaired) electrons. The van der Waals surface area contributed by atoms with Gasteiger partial charge in [0, 0.05) is 23.3 Å². The van der Waals surface area contributed by atoms with Gasteiger partial charge in [0.05, 0.1) is 6.54 Å². The maximum absolute atomic E-state index is 5.85. The third-order valence-corrected chi connectivity index (χ3v) is 3.72. The van der Waals surface area contributed by atoms with Crippen LogP contribution in [0.5, 0.6) is 0 Å². The van der Waals surface area contributed by atoms with E-state index in [0.29, 0.717) is 4.47 Å². The van der Waals surface area contributed by atoms with Gasteiger partial charge in [0.1, 0.15) is 0 Å². The van der Waals surface area contributed by atoms with Gasteiger partial charge in [-0.1, -0.05) is 23.7 Å². The van der Waals surface area contributed by atoms with Crippen molar-refractivity contribution in [3.63, 3.8) is 0 Å². The molecule has 2 rings (SSSR count). The second kappa shape index (κ2) is 5.52. The van der Waals surface area contributed by atoms with Gasteiger partial charge in [-0.25, -0.2) is 4.98 Å². The Balaban J connectivity index is 2.16. The van der Waals surface area contributed by atoms with Crippen LogP contribution < -0.4 is 4.90 Å². The van der Waals surface area contributed by atoms with Gasteiger partial charge in [0.25, 0.3) is 0 Å². The van der Waals surface area contributed by atoms with Gasteiger partial charge < -0.3 is 4.90 Å². The molecule has 17 heavy (non-hydrogen) atoms. The zero-order chi connectivity index (χ0) is 12.3. The molecule has 0 unspecified atom stereocenters. The van der Waals surface area contributed by atoms with Crippen LogP contribution in [0.15, 0.2) is 30.5 Å². The molecule has 4 heteroatoms. The fraction of sp³-hybridized carbons (Fsp3) is 0.308. The molecule has 0 amide bonds. The standard InChI is InChI=1S/C13H15ClN2S/c1-3-16(9-12-8-15-13(14)17-12)11-6-4-5-10(2)7-11/h4-8H,3,9H2,1-2H3. The van der Waals surface area contributed by atoms with Gasteiger partial charge in [0.15, 0.2) is 4.47 Å². The molecule has 1 aromatic carbocycles. The van der Waals surface area contributed by atoms with Crippen molar-refractivity contribution in [3.05, 3.63) is 45.4 Å². The third-order valence-electron chi connectivity index (χ3n) is 2.62. The van der Waals surface area contributed by atoms with Crippen LogP contribution in [0.1, 0.15) is 17.4 Å². The van der Waals surface area contributed by atoms with E-state index in [1.54, 1.807) is 11.3 Å². The maximum Gasteiger partial charge on any atom is 0.183 e. The van der Waals surface area contributed by atoms with E-state index in [-0.39, 0.29) is 0 Å². The number of anilines is 1. The predicted octanol–water partition coefficient (Wildman–Crippen LogP) is 4.13. The first-order chi connectivity index (χ1) is 8.19. The molecule has 0 saturated heterocycles. The smallest absolute Gasteiger partial charge is 0.183 e. The van der Waals surface area contributed by atoms with Gasteiger partial charge in [-0.2, -0.15) is 0 Å². The highest BCUT2D eigenvalue weighted by Gasteiger charge is 2.07. The molecule has 0 aliphatic heterocycles. The Morgan fingerprint density at radius 1 is 1.41 bits per heavy atom. The lowest BCUT2D eigenvalue weighted by Crippen LogP contribution is -2.21. The molecule has 2 nitrogen and oxygen atoms in total.